The maximum atomic E-state index is 12.8. The first-order valence-corrected chi connectivity index (χ1v) is 8.41. The van der Waals surface area contributed by atoms with Crippen LogP contribution in [0, 0.1) is 12.7 Å². The van der Waals surface area contributed by atoms with Gasteiger partial charge in [0.05, 0.1) is 4.90 Å². The highest BCUT2D eigenvalue weighted by Crippen LogP contribution is 2.19. The van der Waals surface area contributed by atoms with E-state index in [-0.39, 0.29) is 10.5 Å². The van der Waals surface area contributed by atoms with Crippen LogP contribution in [0.15, 0.2) is 51.8 Å². The van der Waals surface area contributed by atoms with Gasteiger partial charge in [-0.3, -0.25) is 10.2 Å². The maximum absolute atomic E-state index is 12.8. The summed E-state index contributed by atoms with van der Waals surface area (Å²) in [7, 11) is -3.89. The van der Waals surface area contributed by atoms with E-state index in [0.717, 1.165) is 22.2 Å². The molecule has 0 unspecified atom stereocenters. The van der Waals surface area contributed by atoms with Gasteiger partial charge in [0.1, 0.15) is 5.82 Å². The lowest BCUT2D eigenvalue weighted by Crippen LogP contribution is -2.41. The smallest absolute Gasteiger partial charge is 0.266 e. The Kier molecular flexibility index (Phi) is 4.94. The van der Waals surface area contributed by atoms with Crippen molar-refractivity contribution in [2.75, 3.05) is 0 Å². The predicted molar refractivity (Wildman–Crippen MR) is 83.1 cm³/mol. The molecule has 8 heteroatoms. The summed E-state index contributed by atoms with van der Waals surface area (Å²) < 4.78 is 37.7. The van der Waals surface area contributed by atoms with Gasteiger partial charge in [0, 0.05) is 10.0 Å². The quantitative estimate of drug-likeness (QED) is 0.792. The van der Waals surface area contributed by atoms with E-state index in [1.165, 1.54) is 24.3 Å². The molecule has 0 saturated carbocycles. The van der Waals surface area contributed by atoms with Crippen molar-refractivity contribution in [1.82, 2.24) is 10.3 Å². The van der Waals surface area contributed by atoms with Gasteiger partial charge in [0.25, 0.3) is 15.9 Å². The fourth-order valence-corrected chi connectivity index (χ4v) is 2.80. The Morgan fingerprint density at radius 2 is 1.77 bits per heavy atom. The molecule has 0 spiro atoms. The SMILES string of the molecule is Cc1cc(S(=O)(=O)NNC(=O)c2ccc(F)cc2)ccc1Br. The Bertz CT molecular complexity index is 807. The van der Waals surface area contributed by atoms with E-state index >= 15 is 0 Å². The van der Waals surface area contributed by atoms with Crippen LogP contribution in [0.4, 0.5) is 4.39 Å². The van der Waals surface area contributed by atoms with E-state index in [9.17, 15) is 17.6 Å². The highest BCUT2D eigenvalue weighted by atomic mass is 79.9. The van der Waals surface area contributed by atoms with Crippen LogP contribution < -0.4 is 10.3 Å². The van der Waals surface area contributed by atoms with Crippen molar-refractivity contribution >= 4 is 31.9 Å². The second kappa shape index (κ2) is 6.55. The molecule has 1 amide bonds. The monoisotopic (exact) mass is 386 g/mol. The van der Waals surface area contributed by atoms with Gasteiger partial charge in [-0.05, 0) is 55.0 Å². The standard InChI is InChI=1S/C14H12BrFN2O3S/c1-9-8-12(6-7-13(9)15)22(20,21)18-17-14(19)10-2-4-11(16)5-3-10/h2-8,18H,1H3,(H,17,19). The number of amides is 1. The van der Waals surface area contributed by atoms with Crippen LogP contribution in [0.5, 0.6) is 0 Å². The molecule has 0 bridgehead atoms. The summed E-state index contributed by atoms with van der Waals surface area (Å²) >= 11 is 3.28. The number of nitrogens with one attached hydrogen (secondary N) is 2. The summed E-state index contributed by atoms with van der Waals surface area (Å²) in [6, 6.07) is 9.21. The molecule has 2 aromatic rings. The highest BCUT2D eigenvalue weighted by molar-refractivity contribution is 9.10. The van der Waals surface area contributed by atoms with E-state index < -0.39 is 21.7 Å². The van der Waals surface area contributed by atoms with Crippen LogP contribution in [0.2, 0.25) is 0 Å². The third kappa shape index (κ3) is 3.90. The average Bonchev–Trinajstić information content (AvgIpc) is 2.48. The topological polar surface area (TPSA) is 75.3 Å². The Morgan fingerprint density at radius 3 is 2.36 bits per heavy atom. The summed E-state index contributed by atoms with van der Waals surface area (Å²) in [6.07, 6.45) is 0. The molecule has 2 N–H and O–H groups in total. The third-order valence-corrected chi connectivity index (χ3v) is 4.98. The van der Waals surface area contributed by atoms with E-state index in [1.54, 1.807) is 13.0 Å². The summed E-state index contributed by atoms with van der Waals surface area (Å²) in [5.41, 5.74) is 2.96. The van der Waals surface area contributed by atoms with Gasteiger partial charge in [0.2, 0.25) is 0 Å². The number of sulfonamides is 1. The molecule has 5 nitrogen and oxygen atoms in total. The zero-order chi connectivity index (χ0) is 16.3. The summed E-state index contributed by atoms with van der Waals surface area (Å²) in [4.78, 5) is 13.8. The Hall–Kier alpha value is -1.77. The molecule has 0 fully saturated rings. The van der Waals surface area contributed by atoms with Gasteiger partial charge in [-0.15, -0.1) is 4.83 Å². The zero-order valence-electron chi connectivity index (χ0n) is 11.4. The van der Waals surface area contributed by atoms with Crippen LogP contribution in [-0.2, 0) is 10.0 Å². The number of hydrogen-bond acceptors (Lipinski definition) is 3. The van der Waals surface area contributed by atoms with Crippen molar-refractivity contribution in [3.8, 4) is 0 Å². The van der Waals surface area contributed by atoms with Crippen molar-refractivity contribution in [2.45, 2.75) is 11.8 Å². The first kappa shape index (κ1) is 16.6. The van der Waals surface area contributed by atoms with Gasteiger partial charge in [-0.2, -0.15) is 0 Å². The molecule has 22 heavy (non-hydrogen) atoms. The average molecular weight is 387 g/mol. The molecule has 0 radical (unpaired) electrons. The molecule has 0 aliphatic heterocycles. The Morgan fingerprint density at radius 1 is 1.14 bits per heavy atom. The molecule has 2 aromatic carbocycles. The second-order valence-corrected chi connectivity index (χ2v) is 7.01. The number of benzene rings is 2. The van der Waals surface area contributed by atoms with Crippen molar-refractivity contribution in [2.24, 2.45) is 0 Å². The van der Waals surface area contributed by atoms with Crippen LogP contribution in [0.3, 0.4) is 0 Å². The van der Waals surface area contributed by atoms with E-state index in [4.69, 9.17) is 0 Å². The number of carbonyl (C=O) groups is 1. The van der Waals surface area contributed by atoms with Crippen molar-refractivity contribution in [3.63, 3.8) is 0 Å². The fraction of sp³-hybridized carbons (Fsp3) is 0.0714. The lowest BCUT2D eigenvalue weighted by atomic mass is 10.2. The largest absolute Gasteiger partial charge is 0.273 e. The van der Waals surface area contributed by atoms with Gasteiger partial charge < -0.3 is 0 Å². The fourth-order valence-electron chi connectivity index (χ4n) is 1.63. The molecule has 0 aromatic heterocycles. The number of hydrogen-bond donors (Lipinski definition) is 2. The molecule has 0 aliphatic carbocycles. The number of carbonyl (C=O) groups excluding carboxylic acids is 1. The van der Waals surface area contributed by atoms with Crippen molar-refractivity contribution in [1.29, 1.82) is 0 Å². The minimum atomic E-state index is -3.89. The molecule has 0 atom stereocenters. The minimum absolute atomic E-state index is 0.0209. The minimum Gasteiger partial charge on any atom is -0.273 e. The molecule has 116 valence electrons. The first-order valence-electron chi connectivity index (χ1n) is 6.13. The number of halogens is 2. The normalized spacial score (nSPS) is 11.2. The Labute approximate surface area is 135 Å². The molecular weight excluding hydrogens is 375 g/mol. The molecule has 0 heterocycles. The first-order chi connectivity index (χ1) is 10.3. The van der Waals surface area contributed by atoms with Crippen LogP contribution >= 0.6 is 15.9 Å². The lowest BCUT2D eigenvalue weighted by Gasteiger charge is -2.09. The Balaban J connectivity index is 2.10. The zero-order valence-corrected chi connectivity index (χ0v) is 13.8. The highest BCUT2D eigenvalue weighted by Gasteiger charge is 2.16. The lowest BCUT2D eigenvalue weighted by molar-refractivity contribution is 0.0945. The van der Waals surface area contributed by atoms with E-state index in [0.29, 0.717) is 0 Å². The van der Waals surface area contributed by atoms with Gasteiger partial charge in [-0.1, -0.05) is 15.9 Å². The van der Waals surface area contributed by atoms with Crippen molar-refractivity contribution < 1.29 is 17.6 Å². The number of hydrazine groups is 1. The summed E-state index contributed by atoms with van der Waals surface area (Å²) in [5.74, 6) is -1.17. The maximum Gasteiger partial charge on any atom is 0.266 e. The van der Waals surface area contributed by atoms with Gasteiger partial charge in [0.15, 0.2) is 0 Å². The summed E-state index contributed by atoms with van der Waals surface area (Å²) in [5, 5.41) is 0. The molecule has 0 saturated heterocycles. The number of aryl methyl sites for hydroxylation is 1. The third-order valence-electron chi connectivity index (χ3n) is 2.85. The van der Waals surface area contributed by atoms with Crippen LogP contribution in [-0.4, -0.2) is 14.3 Å². The second-order valence-electron chi connectivity index (χ2n) is 4.48. The van der Waals surface area contributed by atoms with E-state index in [1.807, 2.05) is 4.83 Å². The van der Waals surface area contributed by atoms with Gasteiger partial charge >= 0.3 is 0 Å². The van der Waals surface area contributed by atoms with E-state index in [2.05, 4.69) is 21.4 Å². The van der Waals surface area contributed by atoms with Crippen LogP contribution in [0.25, 0.3) is 0 Å². The van der Waals surface area contributed by atoms with Crippen LogP contribution in [0.1, 0.15) is 15.9 Å². The predicted octanol–water partition coefficient (Wildman–Crippen LogP) is 2.52. The number of rotatable bonds is 4. The molecule has 0 aliphatic rings. The summed E-state index contributed by atoms with van der Waals surface area (Å²) in [6.45, 7) is 1.75. The van der Waals surface area contributed by atoms with Gasteiger partial charge in [-0.25, -0.2) is 12.8 Å². The van der Waals surface area contributed by atoms with Crippen molar-refractivity contribution in [3.05, 3.63) is 63.9 Å². The molecular formula is C14H12BrFN2O3S. The molecule has 2 rings (SSSR count).